The average Bonchev–Trinajstić information content (AvgIpc) is 2.77. The second kappa shape index (κ2) is 8.46. The van der Waals surface area contributed by atoms with E-state index in [9.17, 15) is 18.0 Å². The molecule has 0 aliphatic heterocycles. The van der Waals surface area contributed by atoms with Gasteiger partial charge in [0.15, 0.2) is 0 Å². The van der Waals surface area contributed by atoms with E-state index in [1.54, 1.807) is 18.0 Å². The maximum absolute atomic E-state index is 13.6. The van der Waals surface area contributed by atoms with Crippen LogP contribution in [0.25, 0.3) is 22.0 Å². The summed E-state index contributed by atoms with van der Waals surface area (Å²) in [6.45, 7) is 1.95. The van der Waals surface area contributed by atoms with E-state index in [0.29, 0.717) is 16.5 Å². The van der Waals surface area contributed by atoms with Crippen LogP contribution in [0.1, 0.15) is 16.7 Å². The number of carbonyl (C=O) groups excluding carboxylic acids is 1. The van der Waals surface area contributed by atoms with E-state index in [1.165, 1.54) is 12.3 Å². The molecule has 4 aromatic rings. The van der Waals surface area contributed by atoms with Gasteiger partial charge in [-0.1, -0.05) is 54.6 Å². The van der Waals surface area contributed by atoms with E-state index < -0.39 is 11.7 Å². The van der Waals surface area contributed by atoms with Gasteiger partial charge in [0, 0.05) is 24.3 Å². The zero-order valence-electron chi connectivity index (χ0n) is 17.6. The summed E-state index contributed by atoms with van der Waals surface area (Å²) in [6, 6.07) is 20.7. The van der Waals surface area contributed by atoms with Gasteiger partial charge in [-0.25, -0.2) is 0 Å². The third kappa shape index (κ3) is 4.21. The molecule has 3 nitrogen and oxygen atoms in total. The van der Waals surface area contributed by atoms with Gasteiger partial charge in [-0.2, -0.15) is 13.2 Å². The molecular formula is C26H21F3N2O. The SMILES string of the molecule is Cc1cccc(N(C)C(=O)Cc2cnc3c(C(F)(F)F)cccc3c2-c2ccccc2)c1. The van der Waals surface area contributed by atoms with E-state index in [2.05, 4.69) is 4.98 Å². The molecule has 0 saturated carbocycles. The van der Waals surface area contributed by atoms with Gasteiger partial charge in [0.1, 0.15) is 0 Å². The number of fused-ring (bicyclic) bond motifs is 1. The maximum Gasteiger partial charge on any atom is 0.418 e. The Hall–Kier alpha value is -3.67. The molecule has 1 heterocycles. The van der Waals surface area contributed by atoms with Crippen LogP contribution in [0.4, 0.5) is 18.9 Å². The first-order valence-corrected chi connectivity index (χ1v) is 10.1. The van der Waals surface area contributed by atoms with E-state index in [4.69, 9.17) is 0 Å². The van der Waals surface area contributed by atoms with Gasteiger partial charge in [0.05, 0.1) is 17.5 Å². The largest absolute Gasteiger partial charge is 0.418 e. The summed E-state index contributed by atoms with van der Waals surface area (Å²) in [4.78, 5) is 18.8. The Morgan fingerprint density at radius 3 is 2.38 bits per heavy atom. The fourth-order valence-corrected chi connectivity index (χ4v) is 3.83. The Kier molecular flexibility index (Phi) is 5.70. The molecule has 0 saturated heterocycles. The van der Waals surface area contributed by atoms with Crippen molar-refractivity contribution in [2.75, 3.05) is 11.9 Å². The predicted octanol–water partition coefficient (Wildman–Crippen LogP) is 6.43. The number of alkyl halides is 3. The van der Waals surface area contributed by atoms with Gasteiger partial charge in [-0.15, -0.1) is 0 Å². The lowest BCUT2D eigenvalue weighted by Crippen LogP contribution is -2.28. The Bertz CT molecular complexity index is 1280. The van der Waals surface area contributed by atoms with Crippen molar-refractivity contribution in [2.24, 2.45) is 0 Å². The number of anilines is 1. The molecule has 3 aromatic carbocycles. The molecule has 0 atom stereocenters. The maximum atomic E-state index is 13.6. The number of halogens is 3. The molecule has 0 aliphatic carbocycles. The number of para-hydroxylation sites is 1. The fraction of sp³-hybridized carbons (Fsp3) is 0.154. The number of benzene rings is 3. The summed E-state index contributed by atoms with van der Waals surface area (Å²) < 4.78 is 40.8. The highest BCUT2D eigenvalue weighted by atomic mass is 19.4. The van der Waals surface area contributed by atoms with Crippen LogP contribution in [-0.4, -0.2) is 17.9 Å². The van der Waals surface area contributed by atoms with Crippen molar-refractivity contribution in [1.29, 1.82) is 0 Å². The lowest BCUT2D eigenvalue weighted by atomic mass is 9.93. The van der Waals surface area contributed by atoms with Gasteiger partial charge < -0.3 is 4.90 Å². The van der Waals surface area contributed by atoms with Crippen LogP contribution in [-0.2, 0) is 17.4 Å². The number of hydrogen-bond donors (Lipinski definition) is 0. The molecule has 0 fully saturated rings. The highest BCUT2D eigenvalue weighted by molar-refractivity contribution is 6.01. The molecule has 0 bridgehead atoms. The van der Waals surface area contributed by atoms with Crippen molar-refractivity contribution in [3.8, 4) is 11.1 Å². The number of amides is 1. The molecule has 0 N–H and O–H groups in total. The molecule has 32 heavy (non-hydrogen) atoms. The van der Waals surface area contributed by atoms with E-state index >= 15 is 0 Å². The van der Waals surface area contributed by atoms with Gasteiger partial charge in [-0.05, 0) is 47.4 Å². The molecule has 0 unspecified atom stereocenters. The van der Waals surface area contributed by atoms with Crippen molar-refractivity contribution in [2.45, 2.75) is 19.5 Å². The van der Waals surface area contributed by atoms with Gasteiger partial charge >= 0.3 is 6.18 Å². The Labute approximate surface area is 184 Å². The molecule has 0 spiro atoms. The van der Waals surface area contributed by atoms with E-state index in [1.807, 2.05) is 61.5 Å². The van der Waals surface area contributed by atoms with Crippen LogP contribution in [0.15, 0.2) is 79.0 Å². The number of likely N-dealkylation sites (N-methyl/N-ethyl adjacent to an activating group) is 1. The highest BCUT2D eigenvalue weighted by Crippen LogP contribution is 2.38. The first kappa shape index (κ1) is 21.6. The monoisotopic (exact) mass is 434 g/mol. The summed E-state index contributed by atoms with van der Waals surface area (Å²) >= 11 is 0. The lowest BCUT2D eigenvalue weighted by molar-refractivity contribution is -0.136. The molecule has 0 aliphatic rings. The van der Waals surface area contributed by atoms with Crippen molar-refractivity contribution in [3.63, 3.8) is 0 Å². The van der Waals surface area contributed by atoms with Crippen molar-refractivity contribution in [1.82, 2.24) is 4.98 Å². The summed E-state index contributed by atoms with van der Waals surface area (Å²) in [6.07, 6.45) is -3.13. The predicted molar refractivity (Wildman–Crippen MR) is 120 cm³/mol. The Morgan fingerprint density at radius 1 is 0.969 bits per heavy atom. The third-order valence-electron chi connectivity index (χ3n) is 5.45. The fourth-order valence-electron chi connectivity index (χ4n) is 3.83. The number of aryl methyl sites for hydroxylation is 1. The smallest absolute Gasteiger partial charge is 0.315 e. The summed E-state index contributed by atoms with van der Waals surface area (Å²) in [5, 5.41) is 0.370. The molecule has 1 aromatic heterocycles. The first-order valence-electron chi connectivity index (χ1n) is 10.1. The summed E-state index contributed by atoms with van der Waals surface area (Å²) in [5.74, 6) is -0.180. The minimum Gasteiger partial charge on any atom is -0.315 e. The molecule has 4 rings (SSSR count). The molecule has 0 radical (unpaired) electrons. The van der Waals surface area contributed by atoms with Gasteiger partial charge in [0.2, 0.25) is 5.91 Å². The summed E-state index contributed by atoms with van der Waals surface area (Å²) in [5.41, 5.74) is 2.77. The minimum atomic E-state index is -4.52. The van der Waals surface area contributed by atoms with Crippen LogP contribution in [0, 0.1) is 6.92 Å². The quantitative estimate of drug-likeness (QED) is 0.371. The second-order valence-corrected chi connectivity index (χ2v) is 7.69. The number of pyridine rings is 1. The van der Waals surface area contributed by atoms with Crippen molar-refractivity contribution < 1.29 is 18.0 Å². The summed E-state index contributed by atoms with van der Waals surface area (Å²) in [7, 11) is 1.69. The highest BCUT2D eigenvalue weighted by Gasteiger charge is 2.33. The molecule has 1 amide bonds. The van der Waals surface area contributed by atoms with E-state index in [0.717, 1.165) is 22.9 Å². The number of carbonyl (C=O) groups is 1. The van der Waals surface area contributed by atoms with Crippen LogP contribution >= 0.6 is 0 Å². The van der Waals surface area contributed by atoms with E-state index in [-0.39, 0.29) is 17.8 Å². The lowest BCUT2D eigenvalue weighted by Gasteiger charge is -2.20. The van der Waals surface area contributed by atoms with Gasteiger partial charge in [0.25, 0.3) is 0 Å². The zero-order chi connectivity index (χ0) is 22.9. The van der Waals surface area contributed by atoms with Crippen LogP contribution in [0.3, 0.4) is 0 Å². The van der Waals surface area contributed by atoms with Crippen LogP contribution in [0.5, 0.6) is 0 Å². The van der Waals surface area contributed by atoms with Crippen LogP contribution in [0.2, 0.25) is 0 Å². The zero-order valence-corrected chi connectivity index (χ0v) is 17.6. The average molecular weight is 434 g/mol. The number of hydrogen-bond acceptors (Lipinski definition) is 2. The Morgan fingerprint density at radius 2 is 1.69 bits per heavy atom. The Balaban J connectivity index is 1.83. The van der Waals surface area contributed by atoms with Crippen molar-refractivity contribution >= 4 is 22.5 Å². The third-order valence-corrected chi connectivity index (χ3v) is 5.45. The second-order valence-electron chi connectivity index (χ2n) is 7.69. The molecular weight excluding hydrogens is 413 g/mol. The number of aromatic nitrogens is 1. The molecule has 6 heteroatoms. The molecule has 162 valence electrons. The number of rotatable bonds is 4. The van der Waals surface area contributed by atoms with Crippen LogP contribution < -0.4 is 4.90 Å². The van der Waals surface area contributed by atoms with Crippen molar-refractivity contribution in [3.05, 3.63) is 95.7 Å². The number of nitrogens with zero attached hydrogens (tertiary/aromatic N) is 2. The standard InChI is InChI=1S/C26H21F3N2O/c1-17-8-6-11-20(14-17)31(2)23(32)15-19-16-30-25-21(12-7-13-22(25)26(27,28)29)24(19)18-9-4-3-5-10-18/h3-14,16H,15H2,1-2H3. The van der Waals surface area contributed by atoms with Gasteiger partial charge in [-0.3, -0.25) is 9.78 Å². The minimum absolute atomic E-state index is 0.00779. The topological polar surface area (TPSA) is 33.2 Å². The normalized spacial score (nSPS) is 11.5. The first-order chi connectivity index (χ1) is 15.3.